The van der Waals surface area contributed by atoms with Crippen molar-refractivity contribution in [2.45, 2.75) is 6.92 Å². The van der Waals surface area contributed by atoms with Crippen molar-refractivity contribution in [1.82, 2.24) is 24.3 Å². The fraction of sp³-hybridized carbons (Fsp3) is 0.0222. The van der Waals surface area contributed by atoms with Gasteiger partial charge in [0.25, 0.3) is 0 Å². The maximum absolute atomic E-state index is 5.80. The van der Waals surface area contributed by atoms with Gasteiger partial charge in [-0.3, -0.25) is 14.2 Å². The van der Waals surface area contributed by atoms with Crippen LogP contribution >= 0.6 is 0 Å². The van der Waals surface area contributed by atoms with E-state index < -0.39 is 8.07 Å². The first kappa shape index (κ1) is 29.4. The summed E-state index contributed by atoms with van der Waals surface area (Å²) in [5.41, 5.74) is 6.50. The second kappa shape index (κ2) is 11.5. The van der Waals surface area contributed by atoms with Crippen LogP contribution in [-0.4, -0.2) is 32.4 Å². The molecule has 0 fully saturated rings. The number of para-hydroxylation sites is 3. The second-order valence-electron chi connectivity index (χ2n) is 13.2. The summed E-state index contributed by atoms with van der Waals surface area (Å²) < 4.78 is 4.63. The van der Waals surface area contributed by atoms with Crippen molar-refractivity contribution in [2.75, 3.05) is 0 Å². The molecule has 0 atom stereocenters. The first-order valence-electron chi connectivity index (χ1n) is 17.3. The van der Waals surface area contributed by atoms with E-state index in [1.54, 1.807) is 0 Å². The highest BCUT2D eigenvalue weighted by molar-refractivity contribution is 7.19. The van der Waals surface area contributed by atoms with E-state index in [0.29, 0.717) is 0 Å². The van der Waals surface area contributed by atoms with Crippen LogP contribution in [0, 0.1) is 6.92 Å². The molecule has 0 bridgehead atoms. The monoisotopic (exact) mass is 671 g/mol. The normalized spacial score (nSPS) is 12.0. The molecule has 0 aliphatic rings. The molecule has 4 heterocycles. The average Bonchev–Trinajstić information content (AvgIpc) is 3.87. The number of aromatic nitrogens is 5. The third kappa shape index (κ3) is 4.40. The van der Waals surface area contributed by atoms with E-state index in [4.69, 9.17) is 10.1 Å². The van der Waals surface area contributed by atoms with Gasteiger partial charge in [-0.15, -0.1) is 0 Å². The Morgan fingerprint density at radius 2 is 1.02 bits per heavy atom. The summed E-state index contributed by atoms with van der Waals surface area (Å²) in [6, 6.07) is 63.8. The van der Waals surface area contributed by atoms with E-state index in [9.17, 15) is 0 Å². The van der Waals surface area contributed by atoms with Gasteiger partial charge in [0.2, 0.25) is 8.07 Å². The zero-order valence-electron chi connectivity index (χ0n) is 28.0. The molecule has 1 N–H and O–H groups in total. The Morgan fingerprint density at radius 3 is 1.67 bits per heavy atom. The Morgan fingerprint density at radius 1 is 0.471 bits per heavy atom. The van der Waals surface area contributed by atoms with E-state index in [2.05, 4.69) is 197 Å². The summed E-state index contributed by atoms with van der Waals surface area (Å²) in [5, 5.41) is 17.6. The molecular formula is C45H33N5Si. The van der Waals surface area contributed by atoms with Crippen LogP contribution in [0.4, 0.5) is 0 Å². The van der Waals surface area contributed by atoms with Crippen molar-refractivity contribution in [2.24, 2.45) is 0 Å². The first-order valence-corrected chi connectivity index (χ1v) is 19.3. The number of nitrogens with zero attached hydrogens (tertiary/aromatic N) is 4. The van der Waals surface area contributed by atoms with Crippen LogP contribution in [-0.2, 0) is 0 Å². The molecule has 0 amide bonds. The summed E-state index contributed by atoms with van der Waals surface area (Å²) in [4.78, 5) is 5.80. The molecule has 0 aliphatic carbocycles. The highest BCUT2D eigenvalue weighted by Gasteiger charge is 2.43. The molecule has 6 aromatic carbocycles. The van der Waals surface area contributed by atoms with Gasteiger partial charge in [0.15, 0.2) is 5.82 Å². The number of pyridine rings is 1. The van der Waals surface area contributed by atoms with E-state index in [1.165, 1.54) is 31.7 Å². The van der Waals surface area contributed by atoms with E-state index in [1.807, 2.05) is 0 Å². The molecule has 4 aromatic heterocycles. The molecule has 0 saturated heterocycles. The zero-order chi connectivity index (χ0) is 33.9. The Hall–Kier alpha value is -6.50. The number of H-pyrrole nitrogens is 1. The number of aromatic amines is 1. The summed E-state index contributed by atoms with van der Waals surface area (Å²) >= 11 is 0. The number of hydrogen-bond acceptors (Lipinski definition) is 2. The predicted molar refractivity (Wildman–Crippen MR) is 213 cm³/mol. The number of aryl methyl sites for hydroxylation is 1. The predicted octanol–water partition coefficient (Wildman–Crippen LogP) is 7.68. The second-order valence-corrected chi connectivity index (χ2v) is 17.0. The van der Waals surface area contributed by atoms with E-state index >= 15 is 0 Å². The molecule has 0 aliphatic heterocycles. The van der Waals surface area contributed by atoms with Gasteiger partial charge in [0.05, 0.1) is 16.6 Å². The van der Waals surface area contributed by atoms with Crippen LogP contribution in [0.3, 0.4) is 0 Å². The van der Waals surface area contributed by atoms with Gasteiger partial charge < -0.3 is 0 Å². The third-order valence-electron chi connectivity index (χ3n) is 10.4. The summed E-state index contributed by atoms with van der Waals surface area (Å²) in [6.45, 7) is 2.05. The molecule has 6 heteroatoms. The molecular weight excluding hydrogens is 639 g/mol. The van der Waals surface area contributed by atoms with Crippen molar-refractivity contribution in [1.29, 1.82) is 0 Å². The number of fused-ring (bicyclic) bond motifs is 6. The Balaban J connectivity index is 1.35. The van der Waals surface area contributed by atoms with Gasteiger partial charge in [0.1, 0.15) is 5.65 Å². The summed E-state index contributed by atoms with van der Waals surface area (Å²) in [6.07, 6.45) is 0. The molecule has 5 nitrogen and oxygen atoms in total. The Kier molecular flexibility index (Phi) is 6.66. The smallest absolute Gasteiger partial charge is 0.202 e. The topological polar surface area (TPSA) is 51.4 Å². The maximum atomic E-state index is 5.80. The third-order valence-corrected chi connectivity index (χ3v) is 15.0. The Bertz CT molecular complexity index is 2830. The molecule has 10 rings (SSSR count). The van der Waals surface area contributed by atoms with Crippen LogP contribution in [0.5, 0.6) is 0 Å². The molecule has 10 aromatic rings. The number of nitrogens with one attached hydrogen (secondary N) is 1. The Labute approximate surface area is 296 Å². The van der Waals surface area contributed by atoms with Crippen LogP contribution < -0.4 is 20.9 Å². The van der Waals surface area contributed by atoms with Gasteiger partial charge in [-0.2, -0.15) is 5.10 Å². The van der Waals surface area contributed by atoms with E-state index in [-0.39, 0.29) is 0 Å². The van der Waals surface area contributed by atoms with Crippen LogP contribution in [0.25, 0.3) is 55.2 Å². The number of rotatable bonds is 6. The minimum Gasteiger partial charge on any atom is -0.294 e. The lowest BCUT2D eigenvalue weighted by atomic mass is 10.1. The SMILES string of the molecule is Cc1cc(-n2c3ccccc3c3ccc([Si](c4ccccc4)(c4ccccc4)c4ccc5c6ccccc6n(-c6ccccc6)c5n4)cc32)n[nH]1. The molecule has 0 spiro atoms. The average molecular weight is 672 g/mol. The van der Waals surface area contributed by atoms with Crippen LogP contribution in [0.15, 0.2) is 176 Å². The minimum atomic E-state index is -3.04. The number of benzene rings is 6. The zero-order valence-corrected chi connectivity index (χ0v) is 29.0. The van der Waals surface area contributed by atoms with Gasteiger partial charge in [-0.25, -0.2) is 4.98 Å². The first-order chi connectivity index (χ1) is 25.2. The van der Waals surface area contributed by atoms with Gasteiger partial charge in [-0.05, 0) is 64.9 Å². The van der Waals surface area contributed by atoms with E-state index in [0.717, 1.165) is 50.1 Å². The number of hydrogen-bond donors (Lipinski definition) is 1. The van der Waals surface area contributed by atoms with Crippen molar-refractivity contribution >= 4 is 72.7 Å². The lowest BCUT2D eigenvalue weighted by molar-refractivity contribution is 0.990. The van der Waals surface area contributed by atoms with Gasteiger partial charge in [0, 0.05) is 44.3 Å². The molecule has 0 unspecified atom stereocenters. The summed E-state index contributed by atoms with van der Waals surface area (Å²) in [7, 11) is -3.04. The maximum Gasteiger partial charge on any atom is 0.202 e. The molecule has 51 heavy (non-hydrogen) atoms. The highest BCUT2D eigenvalue weighted by atomic mass is 28.3. The minimum absolute atomic E-state index is 0.884. The fourth-order valence-electron chi connectivity index (χ4n) is 8.18. The quantitative estimate of drug-likeness (QED) is 0.146. The summed E-state index contributed by atoms with van der Waals surface area (Å²) in [5.74, 6) is 0.884. The highest BCUT2D eigenvalue weighted by Crippen LogP contribution is 2.33. The fourth-order valence-corrected chi connectivity index (χ4v) is 12.7. The molecule has 242 valence electrons. The lowest BCUT2D eigenvalue weighted by Gasteiger charge is -2.33. The van der Waals surface area contributed by atoms with Gasteiger partial charge >= 0.3 is 0 Å². The largest absolute Gasteiger partial charge is 0.294 e. The molecule has 0 radical (unpaired) electrons. The van der Waals surface area contributed by atoms with Gasteiger partial charge in [-0.1, -0.05) is 127 Å². The molecule has 0 saturated carbocycles. The van der Waals surface area contributed by atoms with Crippen molar-refractivity contribution in [3.8, 4) is 11.5 Å². The standard InChI is InChI=1S/C45H33N5Si/c1-31-29-43(48-47-31)50-41-24-14-11-21-36(41)38-26-25-35(30-42(38)50)51(33-17-7-3-8-18-33,34-19-9-4-10-20-34)44-28-27-39-37-22-12-13-23-40(37)49(45(39)46-44)32-15-5-2-6-16-32/h2-30H,1H3,(H,47,48). The van der Waals surface area contributed by atoms with Crippen LogP contribution in [0.2, 0.25) is 0 Å². The van der Waals surface area contributed by atoms with Crippen molar-refractivity contribution in [3.63, 3.8) is 0 Å². The lowest BCUT2D eigenvalue weighted by Crippen LogP contribution is -2.75. The van der Waals surface area contributed by atoms with Crippen molar-refractivity contribution in [3.05, 3.63) is 182 Å². The van der Waals surface area contributed by atoms with Crippen molar-refractivity contribution < 1.29 is 0 Å². The van der Waals surface area contributed by atoms with Crippen LogP contribution in [0.1, 0.15) is 5.69 Å².